The van der Waals surface area contributed by atoms with Crippen LogP contribution in [0.1, 0.15) is 16.1 Å². The van der Waals surface area contributed by atoms with E-state index in [1.165, 1.54) is 0 Å². The maximum Gasteiger partial charge on any atom is 0.257 e. The molecule has 0 spiro atoms. The molecule has 1 amide bonds. The summed E-state index contributed by atoms with van der Waals surface area (Å²) in [6, 6.07) is 9.53. The zero-order valence-electron chi connectivity index (χ0n) is 12.9. The number of rotatable bonds is 3. The number of anilines is 2. The Bertz CT molecular complexity index is 697. The first kappa shape index (κ1) is 16.0. The fraction of sp³-hybridized carbons (Fsp3) is 0.294. The van der Waals surface area contributed by atoms with Crippen molar-refractivity contribution in [2.24, 2.45) is 0 Å². The zero-order chi connectivity index (χ0) is 16.2. The summed E-state index contributed by atoms with van der Waals surface area (Å²) in [5.74, 6) is -0.162. The Hall–Kier alpha value is -1.92. The molecule has 1 aliphatic rings. The molecule has 1 aromatic carbocycles. The largest absolute Gasteiger partial charge is 0.378 e. The number of carbonyl (C=O) groups excluding carboxylic acids is 1. The lowest BCUT2D eigenvalue weighted by Gasteiger charge is -2.30. The quantitative estimate of drug-likeness (QED) is 0.894. The van der Waals surface area contributed by atoms with Gasteiger partial charge >= 0.3 is 0 Å². The predicted molar refractivity (Wildman–Crippen MR) is 94.1 cm³/mol. The van der Waals surface area contributed by atoms with Gasteiger partial charge in [0.1, 0.15) is 0 Å². The van der Waals surface area contributed by atoms with E-state index in [2.05, 4.69) is 31.1 Å². The lowest BCUT2D eigenvalue weighted by Crippen LogP contribution is -2.36. The van der Waals surface area contributed by atoms with Crippen molar-refractivity contribution in [1.29, 1.82) is 0 Å². The van der Waals surface area contributed by atoms with E-state index >= 15 is 0 Å². The first-order valence-corrected chi connectivity index (χ1v) is 8.29. The molecule has 1 N–H and O–H groups in total. The number of morpholine rings is 1. The smallest absolute Gasteiger partial charge is 0.257 e. The number of amides is 1. The van der Waals surface area contributed by atoms with Crippen LogP contribution in [0, 0.1) is 6.92 Å². The average molecular weight is 376 g/mol. The molecule has 1 aliphatic heterocycles. The van der Waals surface area contributed by atoms with E-state index in [4.69, 9.17) is 4.74 Å². The number of benzene rings is 1. The van der Waals surface area contributed by atoms with Gasteiger partial charge in [0.2, 0.25) is 0 Å². The summed E-state index contributed by atoms with van der Waals surface area (Å²) in [6.07, 6.45) is 1.59. The molecular formula is C17H18BrN3O2. The highest BCUT2D eigenvalue weighted by Crippen LogP contribution is 2.30. The monoisotopic (exact) mass is 375 g/mol. The van der Waals surface area contributed by atoms with Gasteiger partial charge in [0.05, 0.1) is 30.2 Å². The minimum atomic E-state index is -0.162. The summed E-state index contributed by atoms with van der Waals surface area (Å²) in [4.78, 5) is 18.9. The summed E-state index contributed by atoms with van der Waals surface area (Å²) < 4.78 is 6.32. The van der Waals surface area contributed by atoms with Gasteiger partial charge in [0.25, 0.3) is 5.91 Å². The summed E-state index contributed by atoms with van der Waals surface area (Å²) in [7, 11) is 0. The number of nitrogens with one attached hydrogen (secondary N) is 1. The molecule has 1 saturated heterocycles. The molecule has 0 saturated carbocycles. The van der Waals surface area contributed by atoms with Crippen molar-refractivity contribution < 1.29 is 9.53 Å². The maximum atomic E-state index is 12.5. The van der Waals surface area contributed by atoms with Crippen LogP contribution in [0.3, 0.4) is 0 Å². The molecule has 2 heterocycles. The predicted octanol–water partition coefficient (Wildman–Crippen LogP) is 3.24. The first-order valence-electron chi connectivity index (χ1n) is 7.50. The highest BCUT2D eigenvalue weighted by atomic mass is 79.9. The molecule has 0 radical (unpaired) electrons. The molecule has 1 aromatic heterocycles. The van der Waals surface area contributed by atoms with E-state index in [0.29, 0.717) is 18.8 Å². The normalized spacial score (nSPS) is 14.6. The number of carbonyl (C=O) groups is 1. The molecule has 1 fully saturated rings. The number of aromatic nitrogens is 1. The summed E-state index contributed by atoms with van der Waals surface area (Å²) in [5, 5.41) is 2.99. The van der Waals surface area contributed by atoms with Crippen LogP contribution in [-0.4, -0.2) is 37.2 Å². The molecular weight excluding hydrogens is 358 g/mol. The SMILES string of the molecule is Cc1ccc(C(=O)Nc2cc(Br)ccc2N2CCOCC2)cn1. The van der Waals surface area contributed by atoms with Gasteiger partial charge in [0, 0.05) is 29.5 Å². The van der Waals surface area contributed by atoms with Crippen molar-refractivity contribution in [3.05, 3.63) is 52.3 Å². The lowest BCUT2D eigenvalue weighted by molar-refractivity contribution is 0.102. The topological polar surface area (TPSA) is 54.5 Å². The molecule has 0 bridgehead atoms. The van der Waals surface area contributed by atoms with E-state index in [-0.39, 0.29) is 5.91 Å². The van der Waals surface area contributed by atoms with Crippen molar-refractivity contribution in [3.63, 3.8) is 0 Å². The van der Waals surface area contributed by atoms with E-state index in [1.807, 2.05) is 31.2 Å². The molecule has 6 heteroatoms. The third kappa shape index (κ3) is 3.89. The Labute approximate surface area is 143 Å². The van der Waals surface area contributed by atoms with Gasteiger partial charge in [-0.05, 0) is 37.3 Å². The minimum absolute atomic E-state index is 0.162. The van der Waals surface area contributed by atoms with Crippen LogP contribution < -0.4 is 10.2 Å². The number of hydrogen-bond donors (Lipinski definition) is 1. The van der Waals surface area contributed by atoms with Crippen molar-refractivity contribution in [3.8, 4) is 0 Å². The van der Waals surface area contributed by atoms with Crippen LogP contribution in [0.2, 0.25) is 0 Å². The van der Waals surface area contributed by atoms with Gasteiger partial charge in [0.15, 0.2) is 0 Å². The second kappa shape index (κ2) is 7.10. The van der Waals surface area contributed by atoms with Crippen LogP contribution in [0.15, 0.2) is 41.0 Å². The zero-order valence-corrected chi connectivity index (χ0v) is 14.5. The summed E-state index contributed by atoms with van der Waals surface area (Å²) >= 11 is 3.47. The summed E-state index contributed by atoms with van der Waals surface area (Å²) in [5.41, 5.74) is 3.22. The third-order valence-electron chi connectivity index (χ3n) is 3.73. The molecule has 23 heavy (non-hydrogen) atoms. The van der Waals surface area contributed by atoms with Gasteiger partial charge < -0.3 is 15.0 Å². The number of ether oxygens (including phenoxy) is 1. The van der Waals surface area contributed by atoms with Crippen molar-refractivity contribution >= 4 is 33.2 Å². The molecule has 2 aromatic rings. The molecule has 0 atom stereocenters. The number of aryl methyl sites for hydroxylation is 1. The number of pyridine rings is 1. The van der Waals surface area contributed by atoms with Crippen LogP contribution in [-0.2, 0) is 4.74 Å². The maximum absolute atomic E-state index is 12.5. The standard InChI is InChI=1S/C17H18BrN3O2/c1-12-2-3-13(11-19-12)17(22)20-15-10-14(18)4-5-16(15)21-6-8-23-9-7-21/h2-5,10-11H,6-9H2,1H3,(H,20,22). The first-order chi connectivity index (χ1) is 11.1. The van der Waals surface area contributed by atoms with Crippen LogP contribution >= 0.6 is 15.9 Å². The second-order valence-corrected chi connectivity index (χ2v) is 6.32. The third-order valence-corrected chi connectivity index (χ3v) is 4.23. The van der Waals surface area contributed by atoms with Crippen LogP contribution in [0.4, 0.5) is 11.4 Å². The Morgan fingerprint density at radius 1 is 1.26 bits per heavy atom. The Kier molecular flexibility index (Phi) is 4.93. The van der Waals surface area contributed by atoms with Crippen molar-refractivity contribution in [1.82, 2.24) is 4.98 Å². The van der Waals surface area contributed by atoms with Crippen LogP contribution in [0.5, 0.6) is 0 Å². The average Bonchev–Trinajstić information content (AvgIpc) is 2.56. The van der Waals surface area contributed by atoms with Gasteiger partial charge in [-0.1, -0.05) is 15.9 Å². The van der Waals surface area contributed by atoms with Crippen LogP contribution in [0.25, 0.3) is 0 Å². The van der Waals surface area contributed by atoms with E-state index < -0.39 is 0 Å². The summed E-state index contributed by atoms with van der Waals surface area (Å²) in [6.45, 7) is 4.93. The van der Waals surface area contributed by atoms with E-state index in [9.17, 15) is 4.79 Å². The molecule has 120 valence electrons. The van der Waals surface area contributed by atoms with Crippen molar-refractivity contribution in [2.45, 2.75) is 6.92 Å². The Morgan fingerprint density at radius 2 is 2.04 bits per heavy atom. The second-order valence-electron chi connectivity index (χ2n) is 5.40. The number of hydrogen-bond acceptors (Lipinski definition) is 4. The minimum Gasteiger partial charge on any atom is -0.378 e. The van der Waals surface area contributed by atoms with Gasteiger partial charge in [-0.2, -0.15) is 0 Å². The van der Waals surface area contributed by atoms with Gasteiger partial charge in [-0.3, -0.25) is 9.78 Å². The van der Waals surface area contributed by atoms with Gasteiger partial charge in [-0.25, -0.2) is 0 Å². The van der Waals surface area contributed by atoms with Crippen molar-refractivity contribution in [2.75, 3.05) is 36.5 Å². The fourth-order valence-corrected chi connectivity index (χ4v) is 2.85. The lowest BCUT2D eigenvalue weighted by atomic mass is 10.2. The Morgan fingerprint density at radius 3 is 2.74 bits per heavy atom. The molecule has 0 aliphatic carbocycles. The molecule has 5 nitrogen and oxygen atoms in total. The molecule has 3 rings (SSSR count). The van der Waals surface area contributed by atoms with E-state index in [0.717, 1.165) is 34.6 Å². The van der Waals surface area contributed by atoms with E-state index in [1.54, 1.807) is 12.3 Å². The number of halogens is 1. The highest BCUT2D eigenvalue weighted by molar-refractivity contribution is 9.10. The number of nitrogens with zero attached hydrogens (tertiary/aromatic N) is 2. The highest BCUT2D eigenvalue weighted by Gasteiger charge is 2.17. The Balaban J connectivity index is 1.84. The fourth-order valence-electron chi connectivity index (χ4n) is 2.48. The molecule has 0 unspecified atom stereocenters. The van der Waals surface area contributed by atoms with Gasteiger partial charge in [-0.15, -0.1) is 0 Å².